The zero-order valence-corrected chi connectivity index (χ0v) is 10.0. The lowest BCUT2D eigenvalue weighted by Gasteiger charge is -2.14. The summed E-state index contributed by atoms with van der Waals surface area (Å²) in [6.45, 7) is 3.33. The highest BCUT2D eigenvalue weighted by molar-refractivity contribution is 5.86. The second kappa shape index (κ2) is 6.06. The Morgan fingerprint density at radius 1 is 1.41 bits per heavy atom. The van der Waals surface area contributed by atoms with E-state index in [4.69, 9.17) is 15.6 Å². The number of rotatable bonds is 5. The Balaban J connectivity index is 2.93. The normalized spacial score (nSPS) is 13.8. The first-order valence-electron chi connectivity index (χ1n) is 5.42. The topological polar surface area (TPSA) is 72.5 Å². The quantitative estimate of drug-likeness (QED) is 0.606. The molecule has 0 saturated carbocycles. The molecule has 0 amide bonds. The second-order valence-electron chi connectivity index (χ2n) is 3.95. The summed E-state index contributed by atoms with van der Waals surface area (Å²) in [6.07, 6.45) is 0.396. The summed E-state index contributed by atoms with van der Waals surface area (Å²) in [5, 5.41) is 8.96. The predicted octanol–water partition coefficient (Wildman–Crippen LogP) is 2.16. The van der Waals surface area contributed by atoms with Crippen molar-refractivity contribution in [2.45, 2.75) is 26.3 Å². The van der Waals surface area contributed by atoms with Crippen molar-refractivity contribution >= 4 is 5.97 Å². The van der Waals surface area contributed by atoms with Crippen molar-refractivity contribution in [3.8, 4) is 5.75 Å². The fourth-order valence-electron chi connectivity index (χ4n) is 1.31. The third-order valence-corrected chi connectivity index (χ3v) is 2.23. The van der Waals surface area contributed by atoms with E-state index in [9.17, 15) is 4.79 Å². The van der Waals surface area contributed by atoms with Crippen molar-refractivity contribution in [2.24, 2.45) is 5.73 Å². The van der Waals surface area contributed by atoms with E-state index in [-0.39, 0.29) is 11.6 Å². The lowest BCUT2D eigenvalue weighted by Crippen LogP contribution is -2.19. The van der Waals surface area contributed by atoms with E-state index in [1.807, 2.05) is 25.1 Å². The molecule has 1 aromatic rings. The van der Waals surface area contributed by atoms with Gasteiger partial charge in [-0.25, -0.2) is 4.79 Å². The molecule has 0 heterocycles. The number of ether oxygens (including phenoxy) is 1. The van der Waals surface area contributed by atoms with Crippen LogP contribution in [0.15, 0.2) is 41.7 Å². The average Bonchev–Trinajstić information content (AvgIpc) is 2.28. The molecule has 4 heteroatoms. The molecule has 3 N–H and O–H groups in total. The maximum Gasteiger partial charge on any atom is 0.334 e. The number of hydrogen-bond acceptors (Lipinski definition) is 3. The highest BCUT2D eigenvalue weighted by Gasteiger charge is 2.13. The van der Waals surface area contributed by atoms with Gasteiger partial charge in [-0.05, 0) is 26.0 Å². The van der Waals surface area contributed by atoms with Gasteiger partial charge < -0.3 is 15.6 Å². The van der Waals surface area contributed by atoms with Crippen molar-refractivity contribution < 1.29 is 14.6 Å². The molecule has 17 heavy (non-hydrogen) atoms. The van der Waals surface area contributed by atoms with Gasteiger partial charge in [0.2, 0.25) is 0 Å². The molecule has 1 aromatic carbocycles. The number of carboxylic acids is 1. The van der Waals surface area contributed by atoms with Crippen LogP contribution in [-0.2, 0) is 4.79 Å². The largest absolute Gasteiger partial charge is 0.478 e. The van der Waals surface area contributed by atoms with E-state index in [1.165, 1.54) is 6.92 Å². The van der Waals surface area contributed by atoms with Gasteiger partial charge in [0, 0.05) is 12.5 Å². The number of aliphatic carboxylic acids is 1. The summed E-state index contributed by atoms with van der Waals surface area (Å²) in [7, 11) is 0. The maximum absolute atomic E-state index is 10.9. The zero-order valence-electron chi connectivity index (χ0n) is 10.0. The van der Waals surface area contributed by atoms with Gasteiger partial charge in [0.25, 0.3) is 0 Å². The molecule has 92 valence electrons. The number of para-hydroxylation sites is 1. The molecule has 0 saturated heterocycles. The van der Waals surface area contributed by atoms with E-state index >= 15 is 0 Å². The molecule has 4 nitrogen and oxygen atoms in total. The van der Waals surface area contributed by atoms with Crippen molar-refractivity contribution in [2.75, 3.05) is 0 Å². The monoisotopic (exact) mass is 235 g/mol. The van der Waals surface area contributed by atoms with Crippen LogP contribution in [0.4, 0.5) is 0 Å². The first kappa shape index (κ1) is 13.3. The van der Waals surface area contributed by atoms with Crippen molar-refractivity contribution in [1.29, 1.82) is 0 Å². The molecule has 0 fully saturated rings. The Hall–Kier alpha value is -1.81. The van der Waals surface area contributed by atoms with Crippen LogP contribution in [0, 0.1) is 0 Å². The fraction of sp³-hybridized carbons (Fsp3) is 0.308. The Bertz CT molecular complexity index is 410. The number of hydrogen-bond donors (Lipinski definition) is 2. The summed E-state index contributed by atoms with van der Waals surface area (Å²) in [5.41, 5.74) is 5.86. The standard InChI is InChI=1S/C13H17NO3/c1-9(14)8-12(10(2)13(15)16)17-11-6-4-3-5-7-11/h3-7,9H,8,14H2,1-2H3,(H,15,16). The van der Waals surface area contributed by atoms with Gasteiger partial charge in [0.05, 0.1) is 5.57 Å². The van der Waals surface area contributed by atoms with Crippen LogP contribution < -0.4 is 10.5 Å². The van der Waals surface area contributed by atoms with Crippen LogP contribution in [0.1, 0.15) is 20.3 Å². The Morgan fingerprint density at radius 3 is 2.47 bits per heavy atom. The molecule has 0 spiro atoms. The number of carboxylic acid groups (broad SMARTS) is 1. The highest BCUT2D eigenvalue weighted by Crippen LogP contribution is 2.18. The van der Waals surface area contributed by atoms with Gasteiger partial charge in [0.15, 0.2) is 0 Å². The van der Waals surface area contributed by atoms with Crippen molar-refractivity contribution in [3.63, 3.8) is 0 Å². The Morgan fingerprint density at radius 2 is 2.00 bits per heavy atom. The first-order chi connectivity index (χ1) is 8.00. The Kier molecular flexibility index (Phi) is 4.72. The number of nitrogens with two attached hydrogens (primary N) is 1. The Labute approximate surface area is 101 Å². The maximum atomic E-state index is 10.9. The highest BCUT2D eigenvalue weighted by atomic mass is 16.5. The van der Waals surface area contributed by atoms with Gasteiger partial charge >= 0.3 is 5.97 Å². The molecular weight excluding hydrogens is 218 g/mol. The lowest BCUT2D eigenvalue weighted by atomic mass is 10.1. The zero-order chi connectivity index (χ0) is 12.8. The van der Waals surface area contributed by atoms with Gasteiger partial charge in [-0.2, -0.15) is 0 Å². The molecule has 0 aliphatic heterocycles. The van der Waals surface area contributed by atoms with Crippen LogP contribution in [0.25, 0.3) is 0 Å². The van der Waals surface area contributed by atoms with Gasteiger partial charge in [-0.1, -0.05) is 18.2 Å². The van der Waals surface area contributed by atoms with Crippen molar-refractivity contribution in [1.82, 2.24) is 0 Å². The summed E-state index contributed by atoms with van der Waals surface area (Å²) in [4.78, 5) is 10.9. The third-order valence-electron chi connectivity index (χ3n) is 2.23. The van der Waals surface area contributed by atoms with Gasteiger partial charge in [-0.3, -0.25) is 0 Å². The van der Waals surface area contributed by atoms with Crippen LogP contribution in [0.3, 0.4) is 0 Å². The van der Waals surface area contributed by atoms with Crippen LogP contribution >= 0.6 is 0 Å². The molecule has 0 aliphatic carbocycles. The smallest absolute Gasteiger partial charge is 0.334 e. The molecule has 0 aromatic heterocycles. The first-order valence-corrected chi connectivity index (χ1v) is 5.42. The molecule has 0 radical (unpaired) electrons. The van der Waals surface area contributed by atoms with E-state index in [0.29, 0.717) is 17.9 Å². The molecular formula is C13H17NO3. The van der Waals surface area contributed by atoms with E-state index in [0.717, 1.165) is 0 Å². The summed E-state index contributed by atoms with van der Waals surface area (Å²) in [6, 6.07) is 8.92. The minimum Gasteiger partial charge on any atom is -0.478 e. The minimum atomic E-state index is -0.989. The fourth-order valence-corrected chi connectivity index (χ4v) is 1.31. The molecule has 1 unspecified atom stereocenters. The lowest BCUT2D eigenvalue weighted by molar-refractivity contribution is -0.132. The molecule has 1 atom stereocenters. The third kappa shape index (κ3) is 4.28. The summed E-state index contributed by atoms with van der Waals surface area (Å²) in [5.74, 6) is 0.0269. The van der Waals surface area contributed by atoms with Crippen LogP contribution in [-0.4, -0.2) is 17.1 Å². The second-order valence-corrected chi connectivity index (χ2v) is 3.95. The van der Waals surface area contributed by atoms with Crippen LogP contribution in [0.2, 0.25) is 0 Å². The minimum absolute atomic E-state index is 0.150. The SMILES string of the molecule is CC(C(=O)O)=C(CC(C)N)Oc1ccccc1. The van der Waals surface area contributed by atoms with E-state index < -0.39 is 5.97 Å². The summed E-state index contributed by atoms with van der Waals surface area (Å²) < 4.78 is 5.57. The number of carbonyl (C=O) groups is 1. The van der Waals surface area contributed by atoms with Crippen LogP contribution in [0.5, 0.6) is 5.75 Å². The summed E-state index contributed by atoms with van der Waals surface area (Å²) >= 11 is 0. The van der Waals surface area contributed by atoms with E-state index in [1.54, 1.807) is 12.1 Å². The predicted molar refractivity (Wildman–Crippen MR) is 65.7 cm³/mol. The number of benzene rings is 1. The van der Waals surface area contributed by atoms with Gasteiger partial charge in [0.1, 0.15) is 11.5 Å². The molecule has 1 rings (SSSR count). The van der Waals surface area contributed by atoms with Gasteiger partial charge in [-0.15, -0.1) is 0 Å². The molecule has 0 bridgehead atoms. The molecule has 0 aliphatic rings. The van der Waals surface area contributed by atoms with Crippen molar-refractivity contribution in [3.05, 3.63) is 41.7 Å². The van der Waals surface area contributed by atoms with E-state index in [2.05, 4.69) is 0 Å². The average molecular weight is 235 g/mol.